The Morgan fingerprint density at radius 3 is 2.79 bits per heavy atom. The molecule has 0 aliphatic carbocycles. The van der Waals surface area contributed by atoms with E-state index >= 15 is 0 Å². The van der Waals surface area contributed by atoms with Gasteiger partial charge in [-0.25, -0.2) is 0 Å². The number of guanidine groups is 1. The van der Waals surface area contributed by atoms with E-state index in [9.17, 15) is 0 Å². The molecule has 0 radical (unpaired) electrons. The molecule has 3 nitrogen and oxygen atoms in total. The summed E-state index contributed by atoms with van der Waals surface area (Å²) in [6.45, 7) is 5.59. The standard InChI is InChI=1S/C14H23N3S.HI/c1-12-6-9-17(10-7-12)14(15-2)16-8-5-13-4-3-11-18-13;/h3-4,11-12H,5-10H2,1-2H3,(H,15,16);1H. The number of thiophene rings is 1. The number of rotatable bonds is 3. The first kappa shape index (κ1) is 16.8. The van der Waals surface area contributed by atoms with Gasteiger partial charge >= 0.3 is 0 Å². The van der Waals surface area contributed by atoms with Gasteiger partial charge in [0.15, 0.2) is 5.96 Å². The molecule has 0 atom stereocenters. The molecule has 2 rings (SSSR count). The number of hydrogen-bond donors (Lipinski definition) is 1. The van der Waals surface area contributed by atoms with Crippen molar-refractivity contribution in [2.24, 2.45) is 10.9 Å². The fourth-order valence-corrected chi connectivity index (χ4v) is 3.01. The van der Waals surface area contributed by atoms with Crippen molar-refractivity contribution in [3.63, 3.8) is 0 Å². The van der Waals surface area contributed by atoms with Crippen LogP contribution in [-0.2, 0) is 6.42 Å². The normalized spacial score (nSPS) is 17.2. The monoisotopic (exact) mass is 393 g/mol. The molecule has 0 amide bonds. The zero-order valence-electron chi connectivity index (χ0n) is 11.8. The minimum absolute atomic E-state index is 0. The number of aliphatic imine (C=N–C) groups is 1. The lowest BCUT2D eigenvalue weighted by Crippen LogP contribution is -2.45. The summed E-state index contributed by atoms with van der Waals surface area (Å²) in [4.78, 5) is 8.21. The van der Waals surface area contributed by atoms with Crippen LogP contribution in [0.25, 0.3) is 0 Å². The van der Waals surface area contributed by atoms with Crippen molar-refractivity contribution >= 4 is 41.3 Å². The van der Waals surface area contributed by atoms with Gasteiger partial charge in [-0.1, -0.05) is 13.0 Å². The summed E-state index contributed by atoms with van der Waals surface area (Å²) in [5.74, 6) is 1.93. The number of hydrogen-bond acceptors (Lipinski definition) is 2. The SMILES string of the molecule is CN=C(NCCc1cccs1)N1CCC(C)CC1.I. The van der Waals surface area contributed by atoms with Crippen molar-refractivity contribution in [1.82, 2.24) is 10.2 Å². The molecular weight excluding hydrogens is 369 g/mol. The van der Waals surface area contributed by atoms with Crippen LogP contribution in [0.15, 0.2) is 22.5 Å². The van der Waals surface area contributed by atoms with Gasteiger partial charge in [-0.3, -0.25) is 4.99 Å². The van der Waals surface area contributed by atoms with Crippen LogP contribution in [0.4, 0.5) is 0 Å². The van der Waals surface area contributed by atoms with Crippen LogP contribution in [0, 0.1) is 5.92 Å². The molecule has 1 aromatic rings. The molecule has 0 unspecified atom stereocenters. The molecule has 1 aromatic heterocycles. The van der Waals surface area contributed by atoms with Gasteiger partial charge in [0, 0.05) is 31.6 Å². The Hall–Kier alpha value is -0.300. The number of nitrogens with one attached hydrogen (secondary N) is 1. The molecule has 1 saturated heterocycles. The molecule has 0 bridgehead atoms. The maximum absolute atomic E-state index is 4.39. The van der Waals surface area contributed by atoms with Crippen LogP contribution in [0.3, 0.4) is 0 Å². The van der Waals surface area contributed by atoms with Crippen LogP contribution in [0.5, 0.6) is 0 Å². The molecule has 1 N–H and O–H groups in total. The number of likely N-dealkylation sites (tertiary alicyclic amines) is 1. The summed E-state index contributed by atoms with van der Waals surface area (Å²) in [7, 11) is 1.88. The second-order valence-corrected chi connectivity index (χ2v) is 6.01. The first-order chi connectivity index (χ1) is 8.79. The zero-order chi connectivity index (χ0) is 12.8. The number of piperidine rings is 1. The predicted molar refractivity (Wildman–Crippen MR) is 94.8 cm³/mol. The number of nitrogens with zero attached hydrogens (tertiary/aromatic N) is 2. The fourth-order valence-electron chi connectivity index (χ4n) is 2.31. The summed E-state index contributed by atoms with van der Waals surface area (Å²) < 4.78 is 0. The third-order valence-corrected chi connectivity index (χ3v) is 4.47. The lowest BCUT2D eigenvalue weighted by atomic mass is 10.00. The summed E-state index contributed by atoms with van der Waals surface area (Å²) in [5, 5.41) is 5.61. The summed E-state index contributed by atoms with van der Waals surface area (Å²) in [6, 6.07) is 4.30. The van der Waals surface area contributed by atoms with Gasteiger partial charge in [0.1, 0.15) is 0 Å². The Morgan fingerprint density at radius 1 is 1.47 bits per heavy atom. The van der Waals surface area contributed by atoms with Gasteiger partial charge in [0.05, 0.1) is 0 Å². The Bertz CT molecular complexity index is 370. The lowest BCUT2D eigenvalue weighted by molar-refractivity contribution is 0.273. The Morgan fingerprint density at radius 2 is 2.21 bits per heavy atom. The van der Waals surface area contributed by atoms with Crippen molar-refractivity contribution < 1.29 is 0 Å². The highest BCUT2D eigenvalue weighted by Gasteiger charge is 2.18. The van der Waals surface area contributed by atoms with Crippen molar-refractivity contribution in [2.45, 2.75) is 26.2 Å². The molecule has 1 aliphatic heterocycles. The molecule has 1 fully saturated rings. The highest BCUT2D eigenvalue weighted by Crippen LogP contribution is 2.15. The largest absolute Gasteiger partial charge is 0.356 e. The molecular formula is C14H24IN3S. The Balaban J connectivity index is 0.00000180. The molecule has 5 heteroatoms. The average molecular weight is 393 g/mol. The van der Waals surface area contributed by atoms with E-state index in [0.717, 1.165) is 37.9 Å². The van der Waals surface area contributed by atoms with E-state index in [4.69, 9.17) is 0 Å². The highest BCUT2D eigenvalue weighted by molar-refractivity contribution is 14.0. The molecule has 19 heavy (non-hydrogen) atoms. The number of halogens is 1. The Labute approximate surface area is 137 Å². The maximum atomic E-state index is 4.39. The molecule has 1 aliphatic rings. The third kappa shape index (κ3) is 5.30. The van der Waals surface area contributed by atoms with Crippen LogP contribution in [0.2, 0.25) is 0 Å². The van der Waals surface area contributed by atoms with Gasteiger partial charge < -0.3 is 10.2 Å². The van der Waals surface area contributed by atoms with E-state index < -0.39 is 0 Å². The minimum Gasteiger partial charge on any atom is -0.356 e. The maximum Gasteiger partial charge on any atom is 0.193 e. The summed E-state index contributed by atoms with van der Waals surface area (Å²) in [5.41, 5.74) is 0. The molecule has 0 aromatic carbocycles. The van der Waals surface area contributed by atoms with E-state index in [1.807, 2.05) is 18.4 Å². The zero-order valence-corrected chi connectivity index (χ0v) is 14.9. The van der Waals surface area contributed by atoms with E-state index in [1.165, 1.54) is 17.7 Å². The van der Waals surface area contributed by atoms with Crippen LogP contribution in [-0.4, -0.2) is 37.5 Å². The van der Waals surface area contributed by atoms with E-state index in [0.29, 0.717) is 0 Å². The average Bonchev–Trinajstić information content (AvgIpc) is 2.89. The van der Waals surface area contributed by atoms with Crippen molar-refractivity contribution in [3.8, 4) is 0 Å². The van der Waals surface area contributed by atoms with Crippen LogP contribution < -0.4 is 5.32 Å². The predicted octanol–water partition coefficient (Wildman–Crippen LogP) is 3.22. The summed E-state index contributed by atoms with van der Waals surface area (Å²) in [6.07, 6.45) is 3.65. The van der Waals surface area contributed by atoms with Gasteiger partial charge in [-0.05, 0) is 36.6 Å². The summed E-state index contributed by atoms with van der Waals surface area (Å²) >= 11 is 1.82. The topological polar surface area (TPSA) is 27.6 Å². The second kappa shape index (κ2) is 8.79. The fraction of sp³-hybridized carbons (Fsp3) is 0.643. The molecule has 0 saturated carbocycles. The highest BCUT2D eigenvalue weighted by atomic mass is 127. The molecule has 108 valence electrons. The van der Waals surface area contributed by atoms with Gasteiger partial charge in [0.25, 0.3) is 0 Å². The van der Waals surface area contributed by atoms with Crippen molar-refractivity contribution in [2.75, 3.05) is 26.7 Å². The third-order valence-electron chi connectivity index (χ3n) is 3.53. The van der Waals surface area contributed by atoms with E-state index in [2.05, 4.69) is 39.6 Å². The van der Waals surface area contributed by atoms with E-state index in [1.54, 1.807) is 0 Å². The van der Waals surface area contributed by atoms with Gasteiger partial charge in [-0.2, -0.15) is 0 Å². The first-order valence-electron chi connectivity index (χ1n) is 6.77. The Kier molecular flexibility index (Phi) is 7.75. The quantitative estimate of drug-likeness (QED) is 0.485. The van der Waals surface area contributed by atoms with E-state index in [-0.39, 0.29) is 24.0 Å². The molecule has 0 spiro atoms. The van der Waals surface area contributed by atoms with Gasteiger partial charge in [0.2, 0.25) is 0 Å². The van der Waals surface area contributed by atoms with Crippen molar-refractivity contribution in [3.05, 3.63) is 22.4 Å². The minimum atomic E-state index is 0. The lowest BCUT2D eigenvalue weighted by Gasteiger charge is -2.32. The van der Waals surface area contributed by atoms with Crippen molar-refractivity contribution in [1.29, 1.82) is 0 Å². The smallest absolute Gasteiger partial charge is 0.193 e. The molecule has 2 heterocycles. The first-order valence-corrected chi connectivity index (χ1v) is 7.65. The van der Waals surface area contributed by atoms with Crippen LogP contribution >= 0.6 is 35.3 Å². The van der Waals surface area contributed by atoms with Crippen LogP contribution in [0.1, 0.15) is 24.6 Å². The van der Waals surface area contributed by atoms with Gasteiger partial charge in [-0.15, -0.1) is 35.3 Å². The second-order valence-electron chi connectivity index (χ2n) is 4.97.